The maximum absolute atomic E-state index is 8.21. The van der Waals surface area contributed by atoms with Crippen molar-refractivity contribution in [3.8, 4) is 0 Å². The molecule has 1 saturated heterocycles. The number of fused-ring (bicyclic) bond motifs is 1. The van der Waals surface area contributed by atoms with E-state index in [1.165, 1.54) is 0 Å². The molecule has 0 amide bonds. The molecule has 1 N–H and O–H groups in total. The minimum atomic E-state index is 0. The topological polar surface area (TPSA) is 39.5 Å². The maximum atomic E-state index is 8.21. The highest BCUT2D eigenvalue weighted by Gasteiger charge is 2.36. The Kier molecular flexibility index (Phi) is 4.20. The first-order valence-corrected chi connectivity index (χ1v) is 6.84. The summed E-state index contributed by atoms with van der Waals surface area (Å²) in [5, 5.41) is 10.0. The molecule has 1 atom stereocenters. The van der Waals surface area contributed by atoms with Crippen LogP contribution in [-0.4, -0.2) is 29.0 Å². The van der Waals surface area contributed by atoms with Gasteiger partial charge in [0.05, 0.1) is 5.25 Å². The summed E-state index contributed by atoms with van der Waals surface area (Å²) in [5.74, 6) is 0.649. The highest BCUT2D eigenvalue weighted by atomic mass is 35.5. The van der Waals surface area contributed by atoms with Gasteiger partial charge in [-0.2, -0.15) is 0 Å². The third kappa shape index (κ3) is 2.37. The van der Waals surface area contributed by atoms with Crippen LogP contribution < -0.4 is 0 Å². The molecule has 18 heavy (non-hydrogen) atoms. The average Bonchev–Trinajstić information content (AvgIpc) is 2.69. The Morgan fingerprint density at radius 1 is 1.33 bits per heavy atom. The lowest BCUT2D eigenvalue weighted by Gasteiger charge is -2.21. The van der Waals surface area contributed by atoms with Crippen LogP contribution in [-0.2, 0) is 0 Å². The first-order valence-electron chi connectivity index (χ1n) is 5.58. The standard InChI is InChI=1S/C12H12ClN3S.ClH/c13-9-4-2-8(3-5-9)10-11(14)16-7-1-6-15-12(16)17-10;/h2-5,10,14H,1,6-7H2;1H. The van der Waals surface area contributed by atoms with E-state index in [0.717, 1.165) is 35.3 Å². The molecule has 1 unspecified atom stereocenters. The van der Waals surface area contributed by atoms with Crippen LogP contribution in [0.1, 0.15) is 17.2 Å². The normalized spacial score (nSPS) is 22.3. The summed E-state index contributed by atoms with van der Waals surface area (Å²) in [7, 11) is 0. The van der Waals surface area contributed by atoms with Gasteiger partial charge < -0.3 is 4.90 Å². The van der Waals surface area contributed by atoms with Crippen LogP contribution >= 0.6 is 35.8 Å². The van der Waals surface area contributed by atoms with Gasteiger partial charge in [0, 0.05) is 18.1 Å². The molecule has 0 spiro atoms. The van der Waals surface area contributed by atoms with Gasteiger partial charge in [-0.1, -0.05) is 35.5 Å². The smallest absolute Gasteiger partial charge is 0.165 e. The number of aliphatic imine (C=N–C) groups is 1. The second-order valence-electron chi connectivity index (χ2n) is 4.10. The summed E-state index contributed by atoms with van der Waals surface area (Å²) < 4.78 is 0. The highest BCUT2D eigenvalue weighted by molar-refractivity contribution is 8.15. The van der Waals surface area contributed by atoms with Crippen molar-refractivity contribution in [1.29, 1.82) is 5.41 Å². The van der Waals surface area contributed by atoms with Crippen molar-refractivity contribution >= 4 is 46.8 Å². The summed E-state index contributed by atoms with van der Waals surface area (Å²) in [5.41, 5.74) is 1.13. The van der Waals surface area contributed by atoms with Gasteiger partial charge in [-0.25, -0.2) is 0 Å². The van der Waals surface area contributed by atoms with Crippen molar-refractivity contribution in [2.75, 3.05) is 13.1 Å². The van der Waals surface area contributed by atoms with E-state index in [1.54, 1.807) is 11.8 Å². The molecule has 1 fully saturated rings. The van der Waals surface area contributed by atoms with Gasteiger partial charge in [0.15, 0.2) is 5.17 Å². The number of nitrogens with zero attached hydrogens (tertiary/aromatic N) is 2. The lowest BCUT2D eigenvalue weighted by Crippen LogP contribution is -2.33. The number of benzene rings is 1. The molecule has 1 aromatic carbocycles. The van der Waals surface area contributed by atoms with Gasteiger partial charge in [0.1, 0.15) is 5.84 Å². The second-order valence-corrected chi connectivity index (χ2v) is 5.61. The molecule has 0 saturated carbocycles. The quantitative estimate of drug-likeness (QED) is 0.861. The Morgan fingerprint density at radius 3 is 2.72 bits per heavy atom. The van der Waals surface area contributed by atoms with E-state index in [4.69, 9.17) is 17.0 Å². The Balaban J connectivity index is 0.00000120. The van der Waals surface area contributed by atoms with Crippen molar-refractivity contribution < 1.29 is 0 Å². The SMILES string of the molecule is Cl.N=C1C(c2ccc(Cl)cc2)SC2=NCCCN12. The van der Waals surface area contributed by atoms with Crippen molar-refractivity contribution in [2.45, 2.75) is 11.7 Å². The molecule has 3 nitrogen and oxygen atoms in total. The molecule has 0 aliphatic carbocycles. The second kappa shape index (κ2) is 5.51. The molecule has 96 valence electrons. The number of halogens is 2. The van der Waals surface area contributed by atoms with Crippen LogP contribution in [0.3, 0.4) is 0 Å². The van der Waals surface area contributed by atoms with E-state index in [2.05, 4.69) is 4.99 Å². The molecule has 1 aromatic rings. The van der Waals surface area contributed by atoms with E-state index in [9.17, 15) is 0 Å². The molecule has 0 aromatic heterocycles. The van der Waals surface area contributed by atoms with E-state index in [1.807, 2.05) is 29.2 Å². The summed E-state index contributed by atoms with van der Waals surface area (Å²) >= 11 is 7.55. The highest BCUT2D eigenvalue weighted by Crippen LogP contribution is 2.40. The zero-order chi connectivity index (χ0) is 11.8. The lowest BCUT2D eigenvalue weighted by atomic mass is 10.1. The zero-order valence-corrected chi connectivity index (χ0v) is 12.0. The van der Waals surface area contributed by atoms with E-state index in [0.29, 0.717) is 5.84 Å². The summed E-state index contributed by atoms with van der Waals surface area (Å²) in [4.78, 5) is 6.50. The lowest BCUT2D eigenvalue weighted by molar-refractivity contribution is 0.554. The fourth-order valence-electron chi connectivity index (χ4n) is 2.08. The first kappa shape index (κ1) is 13.7. The number of hydrogen-bond acceptors (Lipinski definition) is 3. The number of nitrogens with one attached hydrogen (secondary N) is 1. The summed E-state index contributed by atoms with van der Waals surface area (Å²) in [6.45, 7) is 1.81. The first-order chi connectivity index (χ1) is 8.25. The Hall–Kier alpha value is -0.710. The van der Waals surface area contributed by atoms with E-state index >= 15 is 0 Å². The fourth-order valence-corrected chi connectivity index (χ4v) is 3.43. The fraction of sp³-hybridized carbons (Fsp3) is 0.333. The van der Waals surface area contributed by atoms with Gasteiger partial charge in [-0.3, -0.25) is 10.4 Å². The monoisotopic (exact) mass is 301 g/mol. The van der Waals surface area contributed by atoms with Crippen LogP contribution in [0.15, 0.2) is 29.3 Å². The molecule has 3 rings (SSSR count). The Morgan fingerprint density at radius 2 is 2.06 bits per heavy atom. The molecular weight excluding hydrogens is 289 g/mol. The van der Waals surface area contributed by atoms with Crippen molar-refractivity contribution in [3.63, 3.8) is 0 Å². The predicted octanol–water partition coefficient (Wildman–Crippen LogP) is 3.59. The third-order valence-corrected chi connectivity index (χ3v) is 4.50. The average molecular weight is 302 g/mol. The summed E-state index contributed by atoms with van der Waals surface area (Å²) in [6.07, 6.45) is 1.04. The number of hydrogen-bond donors (Lipinski definition) is 1. The molecular formula is C12H13Cl2N3S. The largest absolute Gasteiger partial charge is 0.308 e. The Labute approximate surface area is 122 Å². The van der Waals surface area contributed by atoms with Crippen molar-refractivity contribution in [2.24, 2.45) is 4.99 Å². The minimum absolute atomic E-state index is 0. The molecule has 2 heterocycles. The molecule has 6 heteroatoms. The molecule has 2 aliphatic heterocycles. The molecule has 0 radical (unpaired) electrons. The predicted molar refractivity (Wildman–Crippen MR) is 80.4 cm³/mol. The molecule has 2 aliphatic rings. The number of thioether (sulfide) groups is 1. The number of rotatable bonds is 1. The van der Waals surface area contributed by atoms with Crippen molar-refractivity contribution in [1.82, 2.24) is 4.90 Å². The zero-order valence-electron chi connectivity index (χ0n) is 9.60. The third-order valence-electron chi connectivity index (χ3n) is 2.95. The molecule has 0 bridgehead atoms. The minimum Gasteiger partial charge on any atom is -0.308 e. The Bertz CT molecular complexity index is 487. The van der Waals surface area contributed by atoms with Gasteiger partial charge in [0.25, 0.3) is 0 Å². The van der Waals surface area contributed by atoms with Crippen LogP contribution in [0.4, 0.5) is 0 Å². The van der Waals surface area contributed by atoms with Gasteiger partial charge in [-0.15, -0.1) is 12.4 Å². The van der Waals surface area contributed by atoms with E-state index < -0.39 is 0 Å². The summed E-state index contributed by atoms with van der Waals surface area (Å²) in [6, 6.07) is 7.74. The van der Waals surface area contributed by atoms with Crippen LogP contribution in [0, 0.1) is 5.41 Å². The van der Waals surface area contributed by atoms with E-state index in [-0.39, 0.29) is 17.7 Å². The van der Waals surface area contributed by atoms with Crippen LogP contribution in [0.2, 0.25) is 5.02 Å². The van der Waals surface area contributed by atoms with Crippen LogP contribution in [0.25, 0.3) is 0 Å². The van der Waals surface area contributed by atoms with Crippen LogP contribution in [0.5, 0.6) is 0 Å². The number of amidine groups is 2. The van der Waals surface area contributed by atoms with Gasteiger partial charge >= 0.3 is 0 Å². The maximum Gasteiger partial charge on any atom is 0.165 e. The van der Waals surface area contributed by atoms with Gasteiger partial charge in [-0.05, 0) is 24.1 Å². The van der Waals surface area contributed by atoms with Gasteiger partial charge in [0.2, 0.25) is 0 Å². The van der Waals surface area contributed by atoms with Crippen molar-refractivity contribution in [3.05, 3.63) is 34.9 Å².